The molecule has 2 nitrogen and oxygen atoms in total. The van der Waals surface area contributed by atoms with Crippen LogP contribution in [0.5, 0.6) is 0 Å². The zero-order valence-corrected chi connectivity index (χ0v) is 10.5. The Bertz CT molecular complexity index is 193. The molecule has 3 unspecified atom stereocenters. The Morgan fingerprint density at radius 3 is 2.60 bits per heavy atom. The molecule has 2 rings (SSSR count). The van der Waals surface area contributed by atoms with Crippen LogP contribution in [0.15, 0.2) is 0 Å². The highest BCUT2D eigenvalue weighted by molar-refractivity contribution is 4.94. The van der Waals surface area contributed by atoms with Gasteiger partial charge in [-0.05, 0) is 46.0 Å². The molecule has 88 valence electrons. The zero-order valence-electron chi connectivity index (χ0n) is 10.5. The Morgan fingerprint density at radius 1 is 1.20 bits per heavy atom. The number of nitrogens with one attached hydrogen (secondary N) is 2. The van der Waals surface area contributed by atoms with Gasteiger partial charge in [0.15, 0.2) is 0 Å². The van der Waals surface area contributed by atoms with E-state index in [9.17, 15) is 0 Å². The van der Waals surface area contributed by atoms with E-state index in [2.05, 4.69) is 31.4 Å². The fourth-order valence-electron chi connectivity index (χ4n) is 3.02. The average Bonchev–Trinajstić information content (AvgIpc) is 2.56. The van der Waals surface area contributed by atoms with E-state index in [-0.39, 0.29) is 5.54 Å². The predicted molar refractivity (Wildman–Crippen MR) is 65.0 cm³/mol. The van der Waals surface area contributed by atoms with Crippen LogP contribution in [0.3, 0.4) is 0 Å². The number of fused-ring (bicyclic) bond motifs is 1. The molecule has 1 saturated carbocycles. The first-order valence-electron chi connectivity index (χ1n) is 6.56. The fourth-order valence-corrected chi connectivity index (χ4v) is 3.02. The molecule has 1 aliphatic carbocycles. The fraction of sp³-hybridized carbons (Fsp3) is 1.00. The first-order valence-corrected chi connectivity index (χ1v) is 6.56. The van der Waals surface area contributed by atoms with E-state index in [0.717, 1.165) is 24.5 Å². The first-order chi connectivity index (χ1) is 7.04. The minimum atomic E-state index is 0.259. The summed E-state index contributed by atoms with van der Waals surface area (Å²) in [5.41, 5.74) is 0.259. The molecule has 2 N–H and O–H groups in total. The van der Waals surface area contributed by atoms with E-state index < -0.39 is 0 Å². The smallest absolute Gasteiger partial charge is 0.0198 e. The van der Waals surface area contributed by atoms with E-state index in [4.69, 9.17) is 0 Å². The quantitative estimate of drug-likeness (QED) is 0.731. The molecule has 1 saturated heterocycles. The molecular weight excluding hydrogens is 184 g/mol. The second-order valence-corrected chi connectivity index (χ2v) is 6.38. The van der Waals surface area contributed by atoms with Crippen molar-refractivity contribution in [1.29, 1.82) is 0 Å². The summed E-state index contributed by atoms with van der Waals surface area (Å²) in [6, 6.07) is 1.56. The summed E-state index contributed by atoms with van der Waals surface area (Å²) in [6.07, 6.45) is 7.17. The number of hydrogen-bond acceptors (Lipinski definition) is 2. The molecule has 0 aromatic heterocycles. The summed E-state index contributed by atoms with van der Waals surface area (Å²) in [4.78, 5) is 0. The molecule has 0 bridgehead atoms. The van der Waals surface area contributed by atoms with Gasteiger partial charge in [0, 0.05) is 24.2 Å². The monoisotopic (exact) mass is 210 g/mol. The maximum absolute atomic E-state index is 3.80. The Balaban J connectivity index is 1.77. The van der Waals surface area contributed by atoms with Gasteiger partial charge in [-0.2, -0.15) is 0 Å². The van der Waals surface area contributed by atoms with Crippen molar-refractivity contribution in [2.24, 2.45) is 5.92 Å². The normalized spacial score (nSPS) is 36.6. The van der Waals surface area contributed by atoms with Gasteiger partial charge in [-0.3, -0.25) is 0 Å². The maximum Gasteiger partial charge on any atom is 0.0198 e. The van der Waals surface area contributed by atoms with Crippen molar-refractivity contribution in [3.63, 3.8) is 0 Å². The number of rotatable bonds is 2. The van der Waals surface area contributed by atoms with E-state index in [1.165, 1.54) is 32.1 Å². The summed E-state index contributed by atoms with van der Waals surface area (Å²) < 4.78 is 0. The van der Waals surface area contributed by atoms with Gasteiger partial charge in [0.1, 0.15) is 0 Å². The molecule has 0 amide bonds. The molecule has 1 aliphatic heterocycles. The van der Waals surface area contributed by atoms with Crippen LogP contribution in [-0.4, -0.2) is 24.2 Å². The molecule has 1 heterocycles. The van der Waals surface area contributed by atoms with Crippen LogP contribution in [0.25, 0.3) is 0 Å². The van der Waals surface area contributed by atoms with Gasteiger partial charge in [0.2, 0.25) is 0 Å². The van der Waals surface area contributed by atoms with Crippen LogP contribution in [0.1, 0.15) is 52.9 Å². The lowest BCUT2D eigenvalue weighted by molar-refractivity contribution is 0.325. The van der Waals surface area contributed by atoms with E-state index in [1.807, 2.05) is 0 Å². The van der Waals surface area contributed by atoms with Crippen molar-refractivity contribution in [3.05, 3.63) is 0 Å². The lowest BCUT2D eigenvalue weighted by atomic mass is 9.85. The van der Waals surface area contributed by atoms with Crippen molar-refractivity contribution in [2.75, 3.05) is 6.54 Å². The molecular formula is C13H26N2. The zero-order chi connectivity index (χ0) is 10.9. The van der Waals surface area contributed by atoms with E-state index in [0.29, 0.717) is 0 Å². The largest absolute Gasteiger partial charge is 0.311 e. The molecule has 2 heteroatoms. The lowest BCUT2D eigenvalue weighted by Gasteiger charge is -2.24. The van der Waals surface area contributed by atoms with Crippen LogP contribution < -0.4 is 10.6 Å². The minimum absolute atomic E-state index is 0.259. The summed E-state index contributed by atoms with van der Waals surface area (Å²) in [5, 5.41) is 7.41. The molecule has 0 radical (unpaired) electrons. The Kier molecular flexibility index (Phi) is 3.36. The third-order valence-electron chi connectivity index (χ3n) is 3.82. The molecule has 0 aromatic carbocycles. The number of hydrogen-bond donors (Lipinski definition) is 2. The highest BCUT2D eigenvalue weighted by Crippen LogP contribution is 2.32. The van der Waals surface area contributed by atoms with Crippen molar-refractivity contribution < 1.29 is 0 Å². The van der Waals surface area contributed by atoms with Gasteiger partial charge < -0.3 is 10.6 Å². The Morgan fingerprint density at radius 2 is 1.93 bits per heavy atom. The third kappa shape index (κ3) is 3.18. The standard InChI is InChI=1S/C13H26N2/c1-13(2,3)14-9-11-8-10-6-4-5-7-12(10)15-11/h10-12,14-15H,4-9H2,1-3H3. The SMILES string of the molecule is CC(C)(C)NCC1CC2CCCCC2N1. The summed E-state index contributed by atoms with van der Waals surface area (Å²) in [5.74, 6) is 0.977. The van der Waals surface area contributed by atoms with Crippen LogP contribution >= 0.6 is 0 Å². The lowest BCUT2D eigenvalue weighted by Crippen LogP contribution is -2.45. The van der Waals surface area contributed by atoms with Crippen molar-refractivity contribution in [1.82, 2.24) is 10.6 Å². The molecule has 15 heavy (non-hydrogen) atoms. The highest BCUT2D eigenvalue weighted by Gasteiger charge is 2.34. The molecule has 0 spiro atoms. The molecule has 2 fully saturated rings. The van der Waals surface area contributed by atoms with Crippen LogP contribution in [0.4, 0.5) is 0 Å². The van der Waals surface area contributed by atoms with Crippen molar-refractivity contribution in [3.8, 4) is 0 Å². The van der Waals surface area contributed by atoms with E-state index in [1.54, 1.807) is 0 Å². The minimum Gasteiger partial charge on any atom is -0.311 e. The van der Waals surface area contributed by atoms with Crippen LogP contribution in [0.2, 0.25) is 0 Å². The second kappa shape index (κ2) is 4.42. The third-order valence-corrected chi connectivity index (χ3v) is 3.82. The van der Waals surface area contributed by atoms with Crippen molar-refractivity contribution >= 4 is 0 Å². The van der Waals surface area contributed by atoms with Crippen molar-refractivity contribution in [2.45, 2.75) is 70.5 Å². The summed E-state index contributed by atoms with van der Waals surface area (Å²) in [7, 11) is 0. The van der Waals surface area contributed by atoms with Gasteiger partial charge >= 0.3 is 0 Å². The summed E-state index contributed by atoms with van der Waals surface area (Å²) >= 11 is 0. The van der Waals surface area contributed by atoms with Gasteiger partial charge in [0.25, 0.3) is 0 Å². The van der Waals surface area contributed by atoms with Crippen LogP contribution in [0, 0.1) is 5.92 Å². The average molecular weight is 210 g/mol. The van der Waals surface area contributed by atoms with Gasteiger partial charge in [-0.15, -0.1) is 0 Å². The second-order valence-electron chi connectivity index (χ2n) is 6.38. The maximum atomic E-state index is 3.80. The van der Waals surface area contributed by atoms with Gasteiger partial charge in [-0.25, -0.2) is 0 Å². The van der Waals surface area contributed by atoms with Gasteiger partial charge in [0.05, 0.1) is 0 Å². The predicted octanol–water partition coefficient (Wildman–Crippen LogP) is 2.30. The summed E-state index contributed by atoms with van der Waals surface area (Å²) in [6.45, 7) is 7.87. The molecule has 2 aliphatic rings. The topological polar surface area (TPSA) is 24.1 Å². The Hall–Kier alpha value is -0.0800. The van der Waals surface area contributed by atoms with Crippen LogP contribution in [-0.2, 0) is 0 Å². The van der Waals surface area contributed by atoms with Gasteiger partial charge in [-0.1, -0.05) is 12.8 Å². The van der Waals surface area contributed by atoms with E-state index >= 15 is 0 Å². The molecule has 3 atom stereocenters. The first kappa shape index (κ1) is 11.4. The molecule has 0 aromatic rings. The highest BCUT2D eigenvalue weighted by atomic mass is 15.1. The Labute approximate surface area is 94.2 Å².